The molecule has 1 aromatic carbocycles. The molecule has 3 aromatic rings. The fourth-order valence-corrected chi connectivity index (χ4v) is 7.35. The van der Waals surface area contributed by atoms with Gasteiger partial charge in [0.1, 0.15) is 6.61 Å². The Morgan fingerprint density at radius 3 is 2.69 bits per heavy atom. The molecule has 10 heteroatoms. The highest BCUT2D eigenvalue weighted by Gasteiger charge is 2.43. The third-order valence-electron chi connectivity index (χ3n) is 8.28. The Morgan fingerprint density at radius 1 is 1.21 bits per heavy atom. The maximum atomic E-state index is 14.2. The van der Waals surface area contributed by atoms with Crippen molar-refractivity contribution in [1.29, 1.82) is 0 Å². The van der Waals surface area contributed by atoms with Gasteiger partial charge in [0.05, 0.1) is 23.6 Å². The molecule has 0 aliphatic heterocycles. The van der Waals surface area contributed by atoms with Crippen LogP contribution in [0.1, 0.15) is 83.5 Å². The summed E-state index contributed by atoms with van der Waals surface area (Å²) in [4.78, 5) is 28.7. The van der Waals surface area contributed by atoms with Gasteiger partial charge < -0.3 is 14.5 Å². The summed E-state index contributed by atoms with van der Waals surface area (Å²) in [6.45, 7) is 7.80. The molecule has 0 radical (unpaired) electrons. The van der Waals surface area contributed by atoms with Crippen LogP contribution in [0, 0.1) is 37.4 Å². The zero-order chi connectivity index (χ0) is 27.7. The quantitative estimate of drug-likeness (QED) is 0.174. The number of halogens is 1. The molecule has 0 unspecified atom stereocenters. The molecule has 2 aliphatic rings. The predicted octanol–water partition coefficient (Wildman–Crippen LogP) is 6.09. The van der Waals surface area contributed by atoms with E-state index in [1.54, 1.807) is 39.0 Å². The van der Waals surface area contributed by atoms with E-state index in [1.807, 2.05) is 0 Å². The number of esters is 1. The lowest BCUT2D eigenvalue weighted by Crippen LogP contribution is -2.24. The van der Waals surface area contributed by atoms with Crippen molar-refractivity contribution in [2.45, 2.75) is 71.2 Å². The summed E-state index contributed by atoms with van der Waals surface area (Å²) in [5, 5.41) is 9.48. The van der Waals surface area contributed by atoms with Crippen LogP contribution in [0.5, 0.6) is 5.75 Å². The first kappa shape index (κ1) is 27.4. The van der Waals surface area contributed by atoms with E-state index in [9.17, 15) is 14.0 Å². The van der Waals surface area contributed by atoms with Gasteiger partial charge in [0.15, 0.2) is 28.3 Å². The summed E-state index contributed by atoms with van der Waals surface area (Å²) in [6.07, 6.45) is 5.00. The van der Waals surface area contributed by atoms with E-state index in [4.69, 9.17) is 9.47 Å². The summed E-state index contributed by atoms with van der Waals surface area (Å²) >= 11 is 1.32. The molecule has 39 heavy (non-hydrogen) atoms. The lowest BCUT2D eigenvalue weighted by Gasteiger charge is -2.30. The van der Waals surface area contributed by atoms with Crippen LogP contribution in [0.25, 0.3) is 0 Å². The minimum atomic E-state index is -0.436. The Labute approximate surface area is 232 Å². The van der Waals surface area contributed by atoms with E-state index < -0.39 is 11.8 Å². The smallest absolute Gasteiger partial charge is 0.340 e. The number of fused-ring (bicyclic) bond motifs is 2. The SMILES string of the molecule is CCOC(=O)c1c(C)[nH]c(C(=O)CSc2nnc(COc3ccccc3F)n2[C@@H](C)[C@H]2C[C@@H]3CC[C@@H]2C3)c1C. The highest BCUT2D eigenvalue weighted by atomic mass is 32.2. The number of para-hydroxylation sites is 1. The number of Topliss-reactive ketones (excluding diaryl/α,β-unsaturated/α-hetero) is 1. The normalized spacial score (nSPS) is 20.8. The van der Waals surface area contributed by atoms with Crippen molar-refractivity contribution in [1.82, 2.24) is 19.7 Å². The van der Waals surface area contributed by atoms with E-state index >= 15 is 0 Å². The van der Waals surface area contributed by atoms with E-state index in [1.165, 1.54) is 43.5 Å². The number of nitrogens with zero attached hydrogens (tertiary/aromatic N) is 3. The van der Waals surface area contributed by atoms with Crippen LogP contribution in [0.4, 0.5) is 4.39 Å². The number of hydrogen-bond donors (Lipinski definition) is 1. The maximum Gasteiger partial charge on any atom is 0.340 e. The first-order valence-electron chi connectivity index (χ1n) is 13.6. The summed E-state index contributed by atoms with van der Waals surface area (Å²) < 4.78 is 27.2. The van der Waals surface area contributed by atoms with Crippen molar-refractivity contribution in [2.24, 2.45) is 17.8 Å². The number of ether oxygens (including phenoxy) is 2. The molecule has 4 atom stereocenters. The number of thioether (sulfide) groups is 1. The lowest BCUT2D eigenvalue weighted by molar-refractivity contribution is 0.0525. The largest absolute Gasteiger partial charge is 0.483 e. The minimum Gasteiger partial charge on any atom is -0.483 e. The van der Waals surface area contributed by atoms with Crippen LogP contribution in [0.2, 0.25) is 0 Å². The minimum absolute atomic E-state index is 0.0748. The molecular formula is C29H35FN4O4S. The van der Waals surface area contributed by atoms with E-state index in [2.05, 4.69) is 26.7 Å². The molecule has 8 nitrogen and oxygen atoms in total. The number of nitrogens with one attached hydrogen (secondary N) is 1. The fraction of sp³-hybridized carbons (Fsp3) is 0.517. The second-order valence-electron chi connectivity index (χ2n) is 10.6. The molecule has 0 saturated heterocycles. The zero-order valence-electron chi connectivity index (χ0n) is 22.8. The number of hydrogen-bond acceptors (Lipinski definition) is 7. The highest BCUT2D eigenvalue weighted by Crippen LogP contribution is 2.52. The van der Waals surface area contributed by atoms with Crippen LogP contribution in [0.3, 0.4) is 0 Å². The van der Waals surface area contributed by atoms with Gasteiger partial charge in [-0.25, -0.2) is 9.18 Å². The van der Waals surface area contributed by atoms with Crippen molar-refractivity contribution in [2.75, 3.05) is 12.4 Å². The summed E-state index contributed by atoms with van der Waals surface area (Å²) in [5.74, 6) is 1.86. The molecule has 5 rings (SSSR count). The van der Waals surface area contributed by atoms with Gasteiger partial charge in [0, 0.05) is 11.7 Å². The number of aryl methyl sites for hydroxylation is 1. The first-order valence-corrected chi connectivity index (χ1v) is 14.6. The Bertz CT molecular complexity index is 1370. The van der Waals surface area contributed by atoms with Crippen molar-refractivity contribution in [3.63, 3.8) is 0 Å². The molecule has 2 aromatic heterocycles. The molecule has 2 bridgehead atoms. The van der Waals surface area contributed by atoms with Crippen molar-refractivity contribution < 1.29 is 23.5 Å². The van der Waals surface area contributed by atoms with Gasteiger partial charge in [0.2, 0.25) is 0 Å². The number of benzene rings is 1. The van der Waals surface area contributed by atoms with Crippen LogP contribution in [-0.2, 0) is 11.3 Å². The summed E-state index contributed by atoms with van der Waals surface area (Å²) in [7, 11) is 0. The van der Waals surface area contributed by atoms with Crippen LogP contribution >= 0.6 is 11.8 Å². The molecule has 2 fully saturated rings. The third-order valence-corrected chi connectivity index (χ3v) is 9.22. The topological polar surface area (TPSA) is 99.1 Å². The zero-order valence-corrected chi connectivity index (χ0v) is 23.6. The van der Waals surface area contributed by atoms with Crippen LogP contribution in [-0.4, -0.2) is 43.9 Å². The standard InChI is InChI=1S/C29H35FN4O4S/c1-5-37-28(36)26-16(2)27(31-17(26)3)23(35)15-39-29-33-32-25(14-38-24-9-7-6-8-22(24)30)34(29)18(4)21-13-19-10-11-20(21)12-19/h6-9,18-21,31H,5,10-15H2,1-4H3/t18-,19+,20+,21+/m0/s1. The van der Waals surface area contributed by atoms with E-state index in [0.29, 0.717) is 45.3 Å². The predicted molar refractivity (Wildman–Crippen MR) is 146 cm³/mol. The second-order valence-corrected chi connectivity index (χ2v) is 11.6. The lowest BCUT2D eigenvalue weighted by atomic mass is 9.84. The van der Waals surface area contributed by atoms with Gasteiger partial charge in [-0.1, -0.05) is 30.3 Å². The molecule has 2 heterocycles. The number of ketones is 1. The van der Waals surface area contributed by atoms with E-state index in [0.717, 1.165) is 5.92 Å². The number of rotatable bonds is 11. The average Bonchev–Trinajstić information content (AvgIpc) is 3.70. The van der Waals surface area contributed by atoms with Gasteiger partial charge in [-0.2, -0.15) is 0 Å². The van der Waals surface area contributed by atoms with Crippen molar-refractivity contribution in [3.05, 3.63) is 58.4 Å². The van der Waals surface area contributed by atoms with E-state index in [-0.39, 0.29) is 36.5 Å². The number of aromatic nitrogens is 4. The van der Waals surface area contributed by atoms with Gasteiger partial charge in [0.25, 0.3) is 0 Å². The Balaban J connectivity index is 1.36. The van der Waals surface area contributed by atoms with Crippen LogP contribution < -0.4 is 4.74 Å². The van der Waals surface area contributed by atoms with Gasteiger partial charge in [-0.15, -0.1) is 10.2 Å². The molecule has 1 N–H and O–H groups in total. The summed E-state index contributed by atoms with van der Waals surface area (Å²) in [5.41, 5.74) is 2.01. The van der Waals surface area contributed by atoms with Crippen molar-refractivity contribution >= 4 is 23.5 Å². The number of H-pyrrole nitrogens is 1. The first-order chi connectivity index (χ1) is 18.8. The number of aromatic amines is 1. The third kappa shape index (κ3) is 5.48. The Morgan fingerprint density at radius 2 is 2.00 bits per heavy atom. The molecular weight excluding hydrogens is 519 g/mol. The molecule has 208 valence electrons. The maximum absolute atomic E-state index is 14.2. The molecule has 0 amide bonds. The van der Waals surface area contributed by atoms with Gasteiger partial charge in [-0.05, 0) is 82.4 Å². The second kappa shape index (κ2) is 11.5. The van der Waals surface area contributed by atoms with Gasteiger partial charge in [-0.3, -0.25) is 9.36 Å². The molecule has 2 aliphatic carbocycles. The van der Waals surface area contributed by atoms with Crippen LogP contribution in [0.15, 0.2) is 29.4 Å². The molecule has 0 spiro atoms. The Kier molecular flexibility index (Phi) is 8.11. The molecule has 2 saturated carbocycles. The summed E-state index contributed by atoms with van der Waals surface area (Å²) in [6, 6.07) is 6.43. The average molecular weight is 555 g/mol. The van der Waals surface area contributed by atoms with Gasteiger partial charge >= 0.3 is 5.97 Å². The van der Waals surface area contributed by atoms with Crippen molar-refractivity contribution in [3.8, 4) is 5.75 Å². The number of carbonyl (C=O) groups excluding carboxylic acids is 2. The monoisotopic (exact) mass is 554 g/mol. The number of carbonyl (C=O) groups is 2. The highest BCUT2D eigenvalue weighted by molar-refractivity contribution is 7.99. The fourth-order valence-electron chi connectivity index (χ4n) is 6.43. The Hall–Kier alpha value is -3.14.